The highest BCUT2D eigenvalue weighted by molar-refractivity contribution is 5.95. The van der Waals surface area contributed by atoms with E-state index in [-0.39, 0.29) is 11.9 Å². The van der Waals surface area contributed by atoms with Crippen LogP contribution in [0, 0.1) is 5.92 Å². The molecule has 0 aromatic carbocycles. The number of oxime groups is 1. The van der Waals surface area contributed by atoms with E-state index >= 15 is 0 Å². The topological polar surface area (TPSA) is 80.7 Å². The van der Waals surface area contributed by atoms with Gasteiger partial charge in [0, 0.05) is 6.07 Å². The fourth-order valence-electron chi connectivity index (χ4n) is 2.19. The van der Waals surface area contributed by atoms with Crippen LogP contribution >= 0.6 is 0 Å². The smallest absolute Gasteiger partial charge is 0.214 e. The van der Waals surface area contributed by atoms with Crippen LogP contribution in [0.1, 0.15) is 38.3 Å². The van der Waals surface area contributed by atoms with Gasteiger partial charge >= 0.3 is 0 Å². The quantitative estimate of drug-likeness (QED) is 0.372. The molecule has 1 aromatic rings. The lowest BCUT2D eigenvalue weighted by Gasteiger charge is -2.26. The van der Waals surface area contributed by atoms with Crippen molar-refractivity contribution in [2.45, 2.75) is 38.7 Å². The van der Waals surface area contributed by atoms with Gasteiger partial charge < -0.3 is 15.7 Å². The highest BCUT2D eigenvalue weighted by Gasteiger charge is 2.20. The normalized spacial score (nSPS) is 24.8. The molecule has 2 rings (SSSR count). The first-order valence-electron chi connectivity index (χ1n) is 6.30. The van der Waals surface area contributed by atoms with Crippen molar-refractivity contribution in [2.24, 2.45) is 16.8 Å². The lowest BCUT2D eigenvalue weighted by Crippen LogP contribution is -2.24. The molecule has 1 saturated carbocycles. The van der Waals surface area contributed by atoms with E-state index in [0.29, 0.717) is 11.6 Å². The molecule has 0 atom stereocenters. The van der Waals surface area contributed by atoms with Gasteiger partial charge in [-0.2, -0.15) is 0 Å². The van der Waals surface area contributed by atoms with Crippen LogP contribution in [0.15, 0.2) is 23.4 Å². The fraction of sp³-hybridized carbons (Fsp3) is 0.538. The second-order valence-corrected chi connectivity index (χ2v) is 4.85. The number of rotatable bonds is 3. The lowest BCUT2D eigenvalue weighted by atomic mass is 9.89. The molecule has 0 amide bonds. The van der Waals surface area contributed by atoms with Gasteiger partial charge in [-0.05, 0) is 37.7 Å². The Hall–Kier alpha value is -1.78. The molecule has 5 nitrogen and oxygen atoms in total. The van der Waals surface area contributed by atoms with Gasteiger partial charge in [-0.15, -0.1) is 0 Å². The average Bonchev–Trinajstić information content (AvgIpc) is 2.41. The van der Waals surface area contributed by atoms with E-state index in [1.54, 1.807) is 18.2 Å². The molecule has 1 aromatic heterocycles. The van der Waals surface area contributed by atoms with Crippen LogP contribution < -0.4 is 10.5 Å². The summed E-state index contributed by atoms with van der Waals surface area (Å²) in [6, 6.07) is 5.28. The van der Waals surface area contributed by atoms with Crippen molar-refractivity contribution in [1.82, 2.24) is 4.98 Å². The van der Waals surface area contributed by atoms with Gasteiger partial charge in [-0.3, -0.25) is 0 Å². The predicted molar refractivity (Wildman–Crippen MR) is 68.8 cm³/mol. The zero-order valence-corrected chi connectivity index (χ0v) is 10.5. The summed E-state index contributed by atoms with van der Waals surface area (Å²) >= 11 is 0. The maximum Gasteiger partial charge on any atom is 0.214 e. The largest absolute Gasteiger partial charge is 0.474 e. The van der Waals surface area contributed by atoms with Crippen molar-refractivity contribution < 1.29 is 9.94 Å². The third-order valence-electron chi connectivity index (χ3n) is 3.34. The molecule has 0 bridgehead atoms. The first-order chi connectivity index (χ1) is 8.69. The van der Waals surface area contributed by atoms with Gasteiger partial charge in [0.1, 0.15) is 11.8 Å². The van der Waals surface area contributed by atoms with E-state index in [0.717, 1.165) is 18.8 Å². The number of nitrogens with zero attached hydrogens (tertiary/aromatic N) is 2. The van der Waals surface area contributed by atoms with E-state index in [9.17, 15) is 0 Å². The van der Waals surface area contributed by atoms with Crippen LogP contribution in [0.2, 0.25) is 0 Å². The van der Waals surface area contributed by atoms with Crippen LogP contribution in [0.5, 0.6) is 5.88 Å². The molecule has 0 spiro atoms. The Labute approximate surface area is 107 Å². The number of hydrogen-bond acceptors (Lipinski definition) is 4. The van der Waals surface area contributed by atoms with Crippen molar-refractivity contribution in [3.63, 3.8) is 0 Å². The van der Waals surface area contributed by atoms with Crippen LogP contribution in [0.3, 0.4) is 0 Å². The summed E-state index contributed by atoms with van der Waals surface area (Å²) in [5.41, 5.74) is 5.93. The number of aromatic nitrogens is 1. The summed E-state index contributed by atoms with van der Waals surface area (Å²) < 4.78 is 5.84. The van der Waals surface area contributed by atoms with Crippen molar-refractivity contribution in [2.75, 3.05) is 0 Å². The van der Waals surface area contributed by atoms with E-state index in [1.807, 2.05) is 0 Å². The van der Waals surface area contributed by atoms with E-state index in [2.05, 4.69) is 17.1 Å². The first-order valence-corrected chi connectivity index (χ1v) is 6.30. The minimum absolute atomic E-state index is 0.00211. The highest BCUT2D eigenvalue weighted by atomic mass is 16.5. The van der Waals surface area contributed by atoms with Crippen molar-refractivity contribution in [3.05, 3.63) is 23.9 Å². The Balaban J connectivity index is 2.01. The standard InChI is InChI=1S/C13H19N3O2/c1-9-5-7-10(8-6-9)18-12-4-2-3-11(15-12)13(14)16-17/h2-4,9-10,17H,5-8H2,1H3,(H2,14,16). The van der Waals surface area contributed by atoms with Gasteiger partial charge in [-0.25, -0.2) is 4.98 Å². The van der Waals surface area contributed by atoms with Crippen LogP contribution in [-0.2, 0) is 0 Å². The average molecular weight is 249 g/mol. The Morgan fingerprint density at radius 3 is 2.78 bits per heavy atom. The minimum Gasteiger partial charge on any atom is -0.474 e. The van der Waals surface area contributed by atoms with E-state index in [4.69, 9.17) is 15.7 Å². The van der Waals surface area contributed by atoms with Crippen molar-refractivity contribution in [1.29, 1.82) is 0 Å². The fourth-order valence-corrected chi connectivity index (χ4v) is 2.19. The molecule has 1 aliphatic rings. The molecule has 1 aliphatic carbocycles. The zero-order chi connectivity index (χ0) is 13.0. The SMILES string of the molecule is CC1CCC(Oc2cccc(C(N)=NO)n2)CC1. The van der Waals surface area contributed by atoms with Gasteiger partial charge in [0.05, 0.1) is 0 Å². The summed E-state index contributed by atoms with van der Waals surface area (Å²) in [5.74, 6) is 1.33. The highest BCUT2D eigenvalue weighted by Crippen LogP contribution is 2.26. The third kappa shape index (κ3) is 3.12. The molecular weight excluding hydrogens is 230 g/mol. The molecule has 0 radical (unpaired) electrons. The van der Waals surface area contributed by atoms with Crippen molar-refractivity contribution >= 4 is 5.84 Å². The molecule has 0 saturated heterocycles. The number of nitrogens with two attached hydrogens (primary N) is 1. The van der Waals surface area contributed by atoms with Gasteiger partial charge in [-0.1, -0.05) is 18.1 Å². The monoisotopic (exact) mass is 249 g/mol. The number of hydrogen-bond donors (Lipinski definition) is 2. The third-order valence-corrected chi connectivity index (χ3v) is 3.34. The number of ether oxygens (including phenoxy) is 1. The van der Waals surface area contributed by atoms with Crippen LogP contribution in [0.25, 0.3) is 0 Å². The summed E-state index contributed by atoms with van der Waals surface area (Å²) in [5, 5.41) is 11.5. The predicted octanol–water partition coefficient (Wildman–Crippen LogP) is 2.13. The van der Waals surface area contributed by atoms with Crippen LogP contribution in [0.4, 0.5) is 0 Å². The Morgan fingerprint density at radius 1 is 1.39 bits per heavy atom. The molecule has 5 heteroatoms. The molecule has 98 valence electrons. The molecule has 1 fully saturated rings. The van der Waals surface area contributed by atoms with Gasteiger partial charge in [0.25, 0.3) is 0 Å². The van der Waals surface area contributed by atoms with Gasteiger partial charge in [0.15, 0.2) is 5.84 Å². The molecule has 0 aliphatic heterocycles. The molecule has 0 unspecified atom stereocenters. The van der Waals surface area contributed by atoms with E-state index in [1.165, 1.54) is 12.8 Å². The maximum atomic E-state index is 8.61. The molecule has 18 heavy (non-hydrogen) atoms. The Morgan fingerprint density at radius 2 is 2.11 bits per heavy atom. The summed E-state index contributed by atoms with van der Waals surface area (Å²) in [4.78, 5) is 4.22. The van der Waals surface area contributed by atoms with Gasteiger partial charge in [0.2, 0.25) is 5.88 Å². The minimum atomic E-state index is -0.00211. The zero-order valence-electron chi connectivity index (χ0n) is 10.5. The Bertz CT molecular complexity index is 426. The van der Waals surface area contributed by atoms with E-state index < -0.39 is 0 Å². The summed E-state index contributed by atoms with van der Waals surface area (Å²) in [6.07, 6.45) is 4.76. The maximum absolute atomic E-state index is 8.61. The summed E-state index contributed by atoms with van der Waals surface area (Å²) in [7, 11) is 0. The molecule has 3 N–H and O–H groups in total. The number of pyridine rings is 1. The Kier molecular flexibility index (Phi) is 4.02. The number of amidine groups is 1. The lowest BCUT2D eigenvalue weighted by molar-refractivity contribution is 0.130. The molecular formula is C13H19N3O2. The van der Waals surface area contributed by atoms with Crippen molar-refractivity contribution in [3.8, 4) is 5.88 Å². The second-order valence-electron chi connectivity index (χ2n) is 4.85. The molecule has 1 heterocycles. The summed E-state index contributed by atoms with van der Waals surface area (Å²) in [6.45, 7) is 2.27. The van der Waals surface area contributed by atoms with Crippen LogP contribution in [-0.4, -0.2) is 22.1 Å². The first kappa shape index (κ1) is 12.7. The second kappa shape index (κ2) is 5.71.